The molecule has 3 atom stereocenters. The molecule has 3 amide bonds. The molecule has 0 bridgehead atoms. The van der Waals surface area contributed by atoms with Crippen molar-refractivity contribution in [1.82, 2.24) is 14.8 Å². The predicted molar refractivity (Wildman–Crippen MR) is 162 cm³/mol. The Morgan fingerprint density at radius 1 is 1.05 bits per heavy atom. The van der Waals surface area contributed by atoms with Crippen LogP contribution in [0.5, 0.6) is 0 Å². The van der Waals surface area contributed by atoms with E-state index in [1.807, 2.05) is 92.7 Å². The van der Waals surface area contributed by atoms with Gasteiger partial charge in [0.25, 0.3) is 5.91 Å². The van der Waals surface area contributed by atoms with Crippen molar-refractivity contribution in [3.8, 4) is 17.2 Å². The summed E-state index contributed by atoms with van der Waals surface area (Å²) in [5.74, 6) is -0.713. The van der Waals surface area contributed by atoms with Gasteiger partial charge < -0.3 is 20.1 Å². The first-order chi connectivity index (χ1) is 20.2. The zero-order valence-electron chi connectivity index (χ0n) is 23.9. The Morgan fingerprint density at radius 3 is 2.52 bits per heavy atom. The Kier molecular flexibility index (Phi) is 6.82. The lowest BCUT2D eigenvalue weighted by Crippen LogP contribution is -2.52. The van der Waals surface area contributed by atoms with Crippen LogP contribution < -0.4 is 5.32 Å². The average Bonchev–Trinajstić information content (AvgIpc) is 3.69. The smallest absolute Gasteiger partial charge is 0.270 e. The highest BCUT2D eigenvalue weighted by Gasteiger charge is 2.56. The number of fused-ring (bicyclic) bond motifs is 3. The van der Waals surface area contributed by atoms with Gasteiger partial charge in [-0.2, -0.15) is 5.26 Å². The van der Waals surface area contributed by atoms with E-state index in [-0.39, 0.29) is 36.6 Å². The monoisotopic (exact) mass is 559 g/mol. The molecule has 0 radical (unpaired) electrons. The number of amides is 3. The molecule has 0 saturated carbocycles. The number of carbonyl (C=O) groups excluding carboxylic acids is 3. The van der Waals surface area contributed by atoms with Crippen LogP contribution in [0.3, 0.4) is 0 Å². The Bertz CT molecular complexity index is 1740. The number of rotatable bonds is 6. The van der Waals surface area contributed by atoms with Crippen molar-refractivity contribution in [2.45, 2.75) is 44.2 Å². The third kappa shape index (κ3) is 4.51. The van der Waals surface area contributed by atoms with Gasteiger partial charge in [-0.05, 0) is 53.3 Å². The number of nitriles is 1. The SMILES string of the molecule is CC(C)C[C@@H](C(=O)N1C[C@]2(C[C@H]1C#N)C(=O)Nc1ccccc12)N(C)C(=O)c1cc2cc(-c3ccccc3)ccc2[nH]1. The van der Waals surface area contributed by atoms with E-state index in [0.29, 0.717) is 17.8 Å². The molecular formula is C34H33N5O3. The molecule has 2 aliphatic rings. The Labute approximate surface area is 244 Å². The van der Waals surface area contributed by atoms with Crippen LogP contribution in [-0.4, -0.2) is 58.2 Å². The van der Waals surface area contributed by atoms with Gasteiger partial charge in [-0.1, -0.05) is 68.4 Å². The number of hydrogen-bond acceptors (Lipinski definition) is 4. The van der Waals surface area contributed by atoms with Gasteiger partial charge in [-0.25, -0.2) is 0 Å². The molecule has 1 spiro atoms. The van der Waals surface area contributed by atoms with Crippen molar-refractivity contribution in [2.24, 2.45) is 5.92 Å². The lowest BCUT2D eigenvalue weighted by molar-refractivity contribution is -0.136. The van der Waals surface area contributed by atoms with E-state index in [4.69, 9.17) is 0 Å². The Morgan fingerprint density at radius 2 is 1.79 bits per heavy atom. The first kappa shape index (κ1) is 27.3. The van der Waals surface area contributed by atoms with Gasteiger partial charge in [0, 0.05) is 36.6 Å². The molecule has 2 aliphatic heterocycles. The Balaban J connectivity index is 1.29. The largest absolute Gasteiger partial charge is 0.351 e. The van der Waals surface area contributed by atoms with Gasteiger partial charge in [0.05, 0.1) is 11.5 Å². The highest BCUT2D eigenvalue weighted by atomic mass is 16.2. The molecule has 212 valence electrons. The first-order valence-electron chi connectivity index (χ1n) is 14.3. The van der Waals surface area contributed by atoms with Gasteiger partial charge in [-0.15, -0.1) is 0 Å². The lowest BCUT2D eigenvalue weighted by Gasteiger charge is -2.33. The number of aromatic nitrogens is 1. The number of benzene rings is 3. The summed E-state index contributed by atoms with van der Waals surface area (Å²) in [7, 11) is 1.64. The molecular weight excluding hydrogens is 526 g/mol. The number of nitrogens with one attached hydrogen (secondary N) is 2. The average molecular weight is 560 g/mol. The van der Waals surface area contributed by atoms with Crippen molar-refractivity contribution < 1.29 is 14.4 Å². The number of nitrogens with zero attached hydrogens (tertiary/aromatic N) is 3. The second-order valence-electron chi connectivity index (χ2n) is 11.8. The number of likely N-dealkylation sites (N-methyl/N-ethyl adjacent to an activating group) is 1. The molecule has 0 aliphatic carbocycles. The molecule has 1 aromatic heterocycles. The predicted octanol–water partition coefficient (Wildman–Crippen LogP) is 5.34. The van der Waals surface area contributed by atoms with Gasteiger partial charge in [0.15, 0.2) is 0 Å². The second-order valence-corrected chi connectivity index (χ2v) is 11.8. The van der Waals surface area contributed by atoms with Crippen LogP contribution in [0.4, 0.5) is 5.69 Å². The van der Waals surface area contributed by atoms with Gasteiger partial charge in [0.2, 0.25) is 11.8 Å². The summed E-state index contributed by atoms with van der Waals surface area (Å²) in [6.45, 7) is 4.10. The van der Waals surface area contributed by atoms with E-state index in [9.17, 15) is 19.6 Å². The number of anilines is 1. The zero-order chi connectivity index (χ0) is 29.6. The molecule has 2 N–H and O–H groups in total. The zero-order valence-corrected chi connectivity index (χ0v) is 23.9. The topological polar surface area (TPSA) is 109 Å². The maximum absolute atomic E-state index is 14.2. The molecule has 4 aromatic rings. The van der Waals surface area contributed by atoms with Crippen LogP contribution >= 0.6 is 0 Å². The van der Waals surface area contributed by atoms with E-state index in [2.05, 4.69) is 16.4 Å². The van der Waals surface area contributed by atoms with Crippen LogP contribution in [0.25, 0.3) is 22.0 Å². The van der Waals surface area contributed by atoms with E-state index in [1.54, 1.807) is 7.05 Å². The minimum atomic E-state index is -0.981. The quantitative estimate of drug-likeness (QED) is 0.333. The van der Waals surface area contributed by atoms with Crippen LogP contribution in [0, 0.1) is 17.2 Å². The van der Waals surface area contributed by atoms with Crippen molar-refractivity contribution >= 4 is 34.3 Å². The number of aromatic amines is 1. The summed E-state index contributed by atoms with van der Waals surface area (Å²) in [6.07, 6.45) is 0.639. The minimum absolute atomic E-state index is 0.0954. The van der Waals surface area contributed by atoms with Gasteiger partial charge in [-0.3, -0.25) is 14.4 Å². The normalized spacial score (nSPS) is 20.0. The van der Waals surface area contributed by atoms with E-state index in [1.165, 1.54) is 9.80 Å². The van der Waals surface area contributed by atoms with E-state index >= 15 is 0 Å². The highest BCUT2D eigenvalue weighted by Crippen LogP contribution is 2.46. The lowest BCUT2D eigenvalue weighted by atomic mass is 9.80. The molecule has 3 aromatic carbocycles. The number of carbonyl (C=O) groups is 3. The van der Waals surface area contributed by atoms with Crippen LogP contribution in [0.15, 0.2) is 78.9 Å². The fourth-order valence-electron chi connectivity index (χ4n) is 6.44. The number of hydrogen-bond donors (Lipinski definition) is 2. The molecule has 6 rings (SSSR count). The third-order valence-electron chi connectivity index (χ3n) is 8.64. The maximum Gasteiger partial charge on any atom is 0.270 e. The molecule has 3 heterocycles. The maximum atomic E-state index is 14.2. The molecule has 1 saturated heterocycles. The summed E-state index contributed by atoms with van der Waals surface area (Å²) in [5.41, 5.74) is 3.89. The van der Waals surface area contributed by atoms with Gasteiger partial charge in [0.1, 0.15) is 17.8 Å². The fraction of sp³-hybridized carbons (Fsp3) is 0.294. The summed E-state index contributed by atoms with van der Waals surface area (Å²) in [4.78, 5) is 47.5. The van der Waals surface area contributed by atoms with E-state index < -0.39 is 17.5 Å². The molecule has 8 nitrogen and oxygen atoms in total. The summed E-state index contributed by atoms with van der Waals surface area (Å²) < 4.78 is 0. The number of para-hydroxylation sites is 1. The van der Waals surface area contributed by atoms with Crippen molar-refractivity contribution in [2.75, 3.05) is 18.9 Å². The molecule has 1 fully saturated rings. The standard InChI is InChI=1S/C34H33N5O3/c1-21(2)15-30(32(41)39-20-34(18-25(39)19-35)26-11-7-8-12-28(26)37-33(34)42)38(3)31(40)29-17-24-16-23(13-14-27(24)36-29)22-9-5-4-6-10-22/h4-14,16-17,21,25,30,36H,15,18,20H2,1-3H3,(H,37,42)/t25-,30-,34-/m0/s1. The van der Waals surface area contributed by atoms with Crippen molar-refractivity contribution in [3.05, 3.63) is 90.1 Å². The Hall–Kier alpha value is -4.90. The summed E-state index contributed by atoms with van der Waals surface area (Å²) in [6, 6.07) is 26.0. The number of likely N-dealkylation sites (tertiary alicyclic amines) is 1. The summed E-state index contributed by atoms with van der Waals surface area (Å²) in [5, 5.41) is 13.9. The fourth-order valence-corrected chi connectivity index (χ4v) is 6.44. The second kappa shape index (κ2) is 10.5. The van der Waals surface area contributed by atoms with Crippen LogP contribution in [0.2, 0.25) is 0 Å². The highest BCUT2D eigenvalue weighted by molar-refractivity contribution is 6.07. The van der Waals surface area contributed by atoms with Gasteiger partial charge >= 0.3 is 0 Å². The third-order valence-corrected chi connectivity index (χ3v) is 8.64. The molecule has 0 unspecified atom stereocenters. The van der Waals surface area contributed by atoms with Crippen LogP contribution in [0.1, 0.15) is 42.7 Å². The first-order valence-corrected chi connectivity index (χ1v) is 14.3. The van der Waals surface area contributed by atoms with Crippen LogP contribution in [-0.2, 0) is 15.0 Å². The van der Waals surface area contributed by atoms with E-state index in [0.717, 1.165) is 27.6 Å². The summed E-state index contributed by atoms with van der Waals surface area (Å²) >= 11 is 0. The molecule has 8 heteroatoms. The van der Waals surface area contributed by atoms with Crippen molar-refractivity contribution in [1.29, 1.82) is 5.26 Å². The molecule has 42 heavy (non-hydrogen) atoms. The number of H-pyrrole nitrogens is 1. The minimum Gasteiger partial charge on any atom is -0.351 e. The van der Waals surface area contributed by atoms with Crippen molar-refractivity contribution in [3.63, 3.8) is 0 Å².